The molecule has 0 N–H and O–H groups in total. The van der Waals surface area contributed by atoms with Crippen molar-refractivity contribution in [2.45, 2.75) is 11.8 Å². The summed E-state index contributed by atoms with van der Waals surface area (Å²) < 4.78 is 0. The van der Waals surface area contributed by atoms with Crippen molar-refractivity contribution in [2.24, 2.45) is 0 Å². The Balaban J connectivity index is 2.39. The van der Waals surface area contributed by atoms with E-state index in [-0.39, 0.29) is 5.41 Å². The number of alkyl halides is 2. The van der Waals surface area contributed by atoms with Gasteiger partial charge in [0.05, 0.1) is 0 Å². The van der Waals surface area contributed by atoms with Gasteiger partial charge in [-0.2, -0.15) is 0 Å². The van der Waals surface area contributed by atoms with Crippen LogP contribution < -0.4 is 0 Å². The maximum atomic E-state index is 6.32. The molecule has 0 aliphatic carbocycles. The highest BCUT2D eigenvalue weighted by Gasteiger charge is 2.31. The highest BCUT2D eigenvalue weighted by Crippen LogP contribution is 2.35. The zero-order valence-corrected chi connectivity index (χ0v) is 15.4. The predicted octanol–water partition coefficient (Wildman–Crippen LogP) is 6.26. The molecule has 2 aromatic rings. The first kappa shape index (κ1) is 16.4. The first-order chi connectivity index (χ1) is 9.61. The van der Waals surface area contributed by atoms with Crippen LogP contribution in [0, 0.1) is 0 Å². The zero-order chi connectivity index (χ0) is 14.6. The number of rotatable bonds is 5. The molecule has 0 nitrogen and oxygen atoms in total. The van der Waals surface area contributed by atoms with Gasteiger partial charge in [0.15, 0.2) is 0 Å². The lowest BCUT2D eigenvalue weighted by atomic mass is 9.79. The molecule has 0 amide bonds. The molecule has 0 spiro atoms. The third-order valence-electron chi connectivity index (χ3n) is 3.44. The summed E-state index contributed by atoms with van der Waals surface area (Å²) in [5, 5.41) is 3.10. The Hall–Kier alpha value is -0.0200. The fourth-order valence-corrected chi connectivity index (χ4v) is 4.66. The van der Waals surface area contributed by atoms with E-state index in [1.54, 1.807) is 6.07 Å². The average Bonchev–Trinajstić information content (AvgIpc) is 2.48. The van der Waals surface area contributed by atoms with Gasteiger partial charge in [0, 0.05) is 26.1 Å². The molecule has 0 fully saturated rings. The fraction of sp³-hybridized carbons (Fsp3) is 0.250. The highest BCUT2D eigenvalue weighted by molar-refractivity contribution is 9.09. The van der Waals surface area contributed by atoms with Gasteiger partial charge in [-0.15, -0.1) is 0 Å². The van der Waals surface area contributed by atoms with Gasteiger partial charge < -0.3 is 0 Å². The Morgan fingerprint density at radius 3 is 2.10 bits per heavy atom. The molecule has 0 saturated carbocycles. The summed E-state index contributed by atoms with van der Waals surface area (Å²) >= 11 is 19.6. The molecular weight excluding hydrogens is 423 g/mol. The zero-order valence-electron chi connectivity index (χ0n) is 10.8. The third kappa shape index (κ3) is 3.59. The molecule has 0 radical (unpaired) electrons. The molecule has 0 aromatic heterocycles. The lowest BCUT2D eigenvalue weighted by Crippen LogP contribution is -2.33. The second kappa shape index (κ2) is 7.31. The normalized spacial score (nSPS) is 11.6. The molecule has 0 saturated heterocycles. The lowest BCUT2D eigenvalue weighted by molar-refractivity contribution is 0.551. The molecule has 2 rings (SSSR count). The van der Waals surface area contributed by atoms with Crippen LogP contribution in [0.3, 0.4) is 0 Å². The molecule has 0 aliphatic rings. The van der Waals surface area contributed by atoms with Crippen molar-refractivity contribution in [1.82, 2.24) is 0 Å². The Morgan fingerprint density at radius 2 is 1.55 bits per heavy atom. The van der Waals surface area contributed by atoms with Gasteiger partial charge in [0.2, 0.25) is 0 Å². The molecule has 0 atom stereocenters. The molecule has 4 heteroatoms. The molecule has 0 unspecified atom stereocenters. The van der Waals surface area contributed by atoms with Crippen molar-refractivity contribution in [2.75, 3.05) is 10.7 Å². The van der Waals surface area contributed by atoms with Crippen molar-refractivity contribution in [3.8, 4) is 0 Å². The topological polar surface area (TPSA) is 0 Å². The Labute approximate surface area is 146 Å². The van der Waals surface area contributed by atoms with Crippen LogP contribution in [0.15, 0.2) is 48.5 Å². The summed E-state index contributed by atoms with van der Waals surface area (Å²) in [7, 11) is 0. The minimum absolute atomic E-state index is 0.0290. The second-order valence-electron chi connectivity index (χ2n) is 4.83. The van der Waals surface area contributed by atoms with Crippen LogP contribution in [-0.4, -0.2) is 10.7 Å². The minimum Gasteiger partial charge on any atom is -0.0918 e. The summed E-state index contributed by atoms with van der Waals surface area (Å²) in [6, 6.07) is 16.2. The molecule has 2 aromatic carbocycles. The van der Waals surface area contributed by atoms with E-state index < -0.39 is 0 Å². The minimum atomic E-state index is -0.0290. The van der Waals surface area contributed by atoms with Crippen molar-refractivity contribution < 1.29 is 0 Å². The molecule has 0 bridgehead atoms. The lowest BCUT2D eigenvalue weighted by Gasteiger charge is -2.31. The number of hydrogen-bond acceptors (Lipinski definition) is 0. The number of halogens is 4. The van der Waals surface area contributed by atoms with Gasteiger partial charge in [-0.05, 0) is 29.7 Å². The van der Waals surface area contributed by atoms with E-state index in [1.807, 2.05) is 18.2 Å². The van der Waals surface area contributed by atoms with Gasteiger partial charge in [0.1, 0.15) is 0 Å². The van der Waals surface area contributed by atoms with Gasteiger partial charge in [-0.25, -0.2) is 0 Å². The van der Waals surface area contributed by atoms with Gasteiger partial charge in [0.25, 0.3) is 0 Å². The highest BCUT2D eigenvalue weighted by atomic mass is 79.9. The van der Waals surface area contributed by atoms with Crippen molar-refractivity contribution in [1.29, 1.82) is 0 Å². The Morgan fingerprint density at radius 1 is 0.900 bits per heavy atom. The van der Waals surface area contributed by atoms with E-state index in [0.29, 0.717) is 5.02 Å². The summed E-state index contributed by atoms with van der Waals surface area (Å²) in [5.74, 6) is 0. The third-order valence-corrected chi connectivity index (χ3v) is 6.18. The Kier molecular flexibility index (Phi) is 5.97. The van der Waals surface area contributed by atoms with Crippen LogP contribution in [0.4, 0.5) is 0 Å². The van der Waals surface area contributed by atoms with E-state index in [9.17, 15) is 0 Å². The number of hydrogen-bond donors (Lipinski definition) is 0. The molecule has 0 heterocycles. The molecule has 0 aliphatic heterocycles. The van der Waals surface area contributed by atoms with Crippen LogP contribution in [-0.2, 0) is 11.8 Å². The average molecular weight is 437 g/mol. The van der Waals surface area contributed by atoms with E-state index in [4.69, 9.17) is 23.2 Å². The standard InChI is InChI=1S/C16H14Br2Cl2/c17-10-16(11-18,13-4-2-1-3-5-13)9-12-6-7-14(19)8-15(12)20/h1-8H,9-11H2. The van der Waals surface area contributed by atoms with Crippen LogP contribution in [0.25, 0.3) is 0 Å². The maximum Gasteiger partial charge on any atom is 0.0453 e. The van der Waals surface area contributed by atoms with Crippen LogP contribution in [0.1, 0.15) is 11.1 Å². The van der Waals surface area contributed by atoms with E-state index >= 15 is 0 Å². The van der Waals surface area contributed by atoms with Crippen molar-refractivity contribution in [3.05, 3.63) is 69.7 Å². The first-order valence-corrected chi connectivity index (χ1v) is 9.22. The monoisotopic (exact) mass is 434 g/mol. The van der Waals surface area contributed by atoms with Crippen LogP contribution in [0.5, 0.6) is 0 Å². The summed E-state index contributed by atoms with van der Waals surface area (Å²) in [5.41, 5.74) is 2.37. The maximum absolute atomic E-state index is 6.32. The quantitative estimate of drug-likeness (QED) is 0.485. The smallest absolute Gasteiger partial charge is 0.0453 e. The Bertz CT molecular complexity index is 566. The van der Waals surface area contributed by atoms with Crippen LogP contribution >= 0.6 is 55.1 Å². The summed E-state index contributed by atoms with van der Waals surface area (Å²) in [6.45, 7) is 0. The molecule has 106 valence electrons. The van der Waals surface area contributed by atoms with Crippen molar-refractivity contribution in [3.63, 3.8) is 0 Å². The van der Waals surface area contributed by atoms with E-state index in [0.717, 1.165) is 27.7 Å². The predicted molar refractivity (Wildman–Crippen MR) is 95.9 cm³/mol. The van der Waals surface area contributed by atoms with Gasteiger partial charge in [-0.3, -0.25) is 0 Å². The molecule has 20 heavy (non-hydrogen) atoms. The summed E-state index contributed by atoms with van der Waals surface area (Å²) in [6.07, 6.45) is 0.851. The summed E-state index contributed by atoms with van der Waals surface area (Å²) in [4.78, 5) is 0. The van der Waals surface area contributed by atoms with Gasteiger partial charge in [-0.1, -0.05) is 91.5 Å². The second-order valence-corrected chi connectivity index (χ2v) is 6.79. The van der Waals surface area contributed by atoms with E-state index in [2.05, 4.69) is 56.1 Å². The van der Waals surface area contributed by atoms with E-state index in [1.165, 1.54) is 5.56 Å². The van der Waals surface area contributed by atoms with Crippen LogP contribution in [0.2, 0.25) is 10.0 Å². The fourth-order valence-electron chi connectivity index (χ4n) is 2.21. The number of benzene rings is 2. The SMILES string of the molecule is Clc1ccc(CC(CBr)(CBr)c2ccccc2)c(Cl)c1. The molecular formula is C16H14Br2Cl2. The van der Waals surface area contributed by atoms with Crippen molar-refractivity contribution >= 4 is 55.1 Å². The largest absolute Gasteiger partial charge is 0.0918 e. The first-order valence-electron chi connectivity index (χ1n) is 6.23. The van der Waals surface area contributed by atoms with Gasteiger partial charge >= 0.3 is 0 Å².